The van der Waals surface area contributed by atoms with Crippen molar-refractivity contribution in [3.63, 3.8) is 0 Å². The van der Waals surface area contributed by atoms with E-state index in [-0.39, 0.29) is 6.04 Å². The van der Waals surface area contributed by atoms with Gasteiger partial charge in [-0.3, -0.25) is 4.90 Å². The van der Waals surface area contributed by atoms with E-state index in [9.17, 15) is 0 Å². The van der Waals surface area contributed by atoms with Crippen molar-refractivity contribution in [3.8, 4) is 6.07 Å². The lowest BCUT2D eigenvalue weighted by molar-refractivity contribution is 0.0792. The maximum absolute atomic E-state index is 8.98. The average molecular weight is 249 g/mol. The first-order valence-corrected chi connectivity index (χ1v) is 7.72. The van der Waals surface area contributed by atoms with Gasteiger partial charge in [-0.2, -0.15) is 5.26 Å². The quantitative estimate of drug-likeness (QED) is 0.833. The van der Waals surface area contributed by atoms with Crippen molar-refractivity contribution in [2.45, 2.75) is 82.3 Å². The van der Waals surface area contributed by atoms with Crippen LogP contribution in [0.2, 0.25) is 0 Å². The van der Waals surface area contributed by atoms with Crippen molar-refractivity contribution in [1.82, 2.24) is 4.90 Å². The summed E-state index contributed by atoms with van der Waals surface area (Å²) in [4.78, 5) is 2.60. The lowest BCUT2D eigenvalue weighted by Crippen LogP contribution is -2.49. The molecule has 1 atom stereocenters. The molecule has 2 N–H and O–H groups in total. The van der Waals surface area contributed by atoms with Crippen molar-refractivity contribution in [3.05, 3.63) is 0 Å². The third-order valence-corrected chi connectivity index (χ3v) is 4.66. The molecule has 2 aliphatic rings. The van der Waals surface area contributed by atoms with Crippen LogP contribution < -0.4 is 5.73 Å². The second-order valence-electron chi connectivity index (χ2n) is 6.02. The number of rotatable bonds is 4. The van der Waals surface area contributed by atoms with E-state index in [1.807, 2.05) is 0 Å². The maximum Gasteiger partial charge on any atom is 0.106 e. The Hall–Kier alpha value is -0.590. The van der Waals surface area contributed by atoms with Gasteiger partial charge in [0.15, 0.2) is 0 Å². The summed E-state index contributed by atoms with van der Waals surface area (Å²) in [6.07, 6.45) is 13.5. The molecule has 2 fully saturated rings. The van der Waals surface area contributed by atoms with Crippen molar-refractivity contribution >= 4 is 0 Å². The normalized spacial score (nSPS) is 24.9. The Kier molecular flexibility index (Phi) is 5.46. The van der Waals surface area contributed by atoms with Crippen molar-refractivity contribution in [2.24, 2.45) is 5.73 Å². The molecule has 0 saturated heterocycles. The van der Waals surface area contributed by atoms with Crippen LogP contribution >= 0.6 is 0 Å². The SMILES string of the molecule is N#CC(N)CN(C1CCCCC1)C1CCCCC1. The molecule has 0 aromatic rings. The molecule has 18 heavy (non-hydrogen) atoms. The zero-order chi connectivity index (χ0) is 12.8. The molecule has 0 aliphatic heterocycles. The van der Waals surface area contributed by atoms with E-state index in [2.05, 4.69) is 11.0 Å². The fourth-order valence-electron chi connectivity index (χ4n) is 3.69. The first kappa shape index (κ1) is 13.8. The van der Waals surface area contributed by atoms with E-state index in [1.54, 1.807) is 0 Å². The Morgan fingerprint density at radius 3 is 1.78 bits per heavy atom. The fourth-order valence-corrected chi connectivity index (χ4v) is 3.69. The molecule has 0 bridgehead atoms. The molecule has 2 rings (SSSR count). The van der Waals surface area contributed by atoms with Gasteiger partial charge in [0.05, 0.1) is 6.07 Å². The largest absolute Gasteiger partial charge is 0.315 e. The number of nitrogens with two attached hydrogens (primary N) is 1. The predicted octanol–water partition coefficient (Wildman–Crippen LogP) is 2.80. The van der Waals surface area contributed by atoms with Crippen LogP contribution in [0.1, 0.15) is 64.2 Å². The topological polar surface area (TPSA) is 53.1 Å². The highest BCUT2D eigenvalue weighted by Gasteiger charge is 2.29. The highest BCUT2D eigenvalue weighted by Crippen LogP contribution is 2.30. The van der Waals surface area contributed by atoms with Crippen molar-refractivity contribution in [1.29, 1.82) is 5.26 Å². The minimum absolute atomic E-state index is 0.311. The summed E-state index contributed by atoms with van der Waals surface area (Å²) in [5.41, 5.74) is 5.88. The monoisotopic (exact) mass is 249 g/mol. The Labute approximate surface area is 111 Å². The Morgan fingerprint density at radius 2 is 1.39 bits per heavy atom. The van der Waals surface area contributed by atoms with Crippen molar-refractivity contribution < 1.29 is 0 Å². The zero-order valence-corrected chi connectivity index (χ0v) is 11.5. The van der Waals surface area contributed by atoms with Gasteiger partial charge in [0.1, 0.15) is 6.04 Å². The van der Waals surface area contributed by atoms with Gasteiger partial charge in [0.25, 0.3) is 0 Å². The van der Waals surface area contributed by atoms with Crippen LogP contribution in [0.25, 0.3) is 0 Å². The van der Waals surface area contributed by atoms with Crippen LogP contribution in [0.15, 0.2) is 0 Å². The average Bonchev–Trinajstić information content (AvgIpc) is 2.46. The van der Waals surface area contributed by atoms with E-state index < -0.39 is 0 Å². The van der Waals surface area contributed by atoms with Gasteiger partial charge >= 0.3 is 0 Å². The molecule has 0 heterocycles. The van der Waals surface area contributed by atoms with Gasteiger partial charge < -0.3 is 5.73 Å². The van der Waals surface area contributed by atoms with E-state index in [0.29, 0.717) is 12.1 Å². The molecule has 3 nitrogen and oxygen atoms in total. The fraction of sp³-hybridized carbons (Fsp3) is 0.933. The highest BCUT2D eigenvalue weighted by atomic mass is 15.2. The number of hydrogen-bond acceptors (Lipinski definition) is 3. The van der Waals surface area contributed by atoms with Crippen LogP contribution in [0, 0.1) is 11.3 Å². The third kappa shape index (κ3) is 3.70. The van der Waals surface area contributed by atoms with Crippen LogP contribution in [0.4, 0.5) is 0 Å². The smallest absolute Gasteiger partial charge is 0.106 e. The van der Waals surface area contributed by atoms with E-state index in [1.165, 1.54) is 64.2 Å². The third-order valence-electron chi connectivity index (χ3n) is 4.66. The molecule has 1 unspecified atom stereocenters. The lowest BCUT2D eigenvalue weighted by Gasteiger charge is -2.42. The number of hydrogen-bond donors (Lipinski definition) is 1. The molecule has 102 valence electrons. The highest BCUT2D eigenvalue weighted by molar-refractivity contribution is 4.93. The molecule has 0 aromatic heterocycles. The second-order valence-corrected chi connectivity index (χ2v) is 6.02. The molecule has 0 spiro atoms. The summed E-state index contributed by atoms with van der Waals surface area (Å²) in [5.74, 6) is 0. The Bertz CT molecular complexity index is 254. The molecule has 0 amide bonds. The standard InChI is InChI=1S/C15H27N3/c16-11-13(17)12-18(14-7-3-1-4-8-14)15-9-5-2-6-10-15/h13-15H,1-10,12,17H2. The summed E-state index contributed by atoms with van der Waals surface area (Å²) in [5, 5.41) is 8.98. The molecule has 2 aliphatic carbocycles. The minimum atomic E-state index is -0.311. The zero-order valence-electron chi connectivity index (χ0n) is 11.5. The van der Waals surface area contributed by atoms with Gasteiger partial charge in [0.2, 0.25) is 0 Å². The van der Waals surface area contributed by atoms with Crippen LogP contribution in [-0.2, 0) is 0 Å². The van der Waals surface area contributed by atoms with Gasteiger partial charge in [-0.05, 0) is 25.7 Å². The number of nitriles is 1. The minimum Gasteiger partial charge on any atom is -0.315 e. The maximum atomic E-state index is 8.98. The second kappa shape index (κ2) is 7.11. The molecule has 2 saturated carbocycles. The summed E-state index contributed by atoms with van der Waals surface area (Å²) >= 11 is 0. The predicted molar refractivity (Wildman–Crippen MR) is 74.0 cm³/mol. The van der Waals surface area contributed by atoms with Crippen molar-refractivity contribution in [2.75, 3.05) is 6.54 Å². The Balaban J connectivity index is 1.98. The summed E-state index contributed by atoms with van der Waals surface area (Å²) < 4.78 is 0. The molecule has 0 radical (unpaired) electrons. The molecular formula is C15H27N3. The Morgan fingerprint density at radius 1 is 0.944 bits per heavy atom. The van der Waals surface area contributed by atoms with E-state index >= 15 is 0 Å². The van der Waals surface area contributed by atoms with Gasteiger partial charge in [0, 0.05) is 18.6 Å². The molecular weight excluding hydrogens is 222 g/mol. The van der Waals surface area contributed by atoms with Crippen LogP contribution in [0.5, 0.6) is 0 Å². The lowest BCUT2D eigenvalue weighted by atomic mass is 9.88. The van der Waals surface area contributed by atoms with E-state index in [4.69, 9.17) is 11.0 Å². The van der Waals surface area contributed by atoms with E-state index in [0.717, 1.165) is 6.54 Å². The summed E-state index contributed by atoms with van der Waals surface area (Å²) in [6, 6.07) is 3.29. The van der Waals surface area contributed by atoms with Gasteiger partial charge in [-0.25, -0.2) is 0 Å². The van der Waals surface area contributed by atoms with Crippen LogP contribution in [0.3, 0.4) is 0 Å². The van der Waals surface area contributed by atoms with Gasteiger partial charge in [-0.1, -0.05) is 38.5 Å². The number of nitrogens with zero attached hydrogens (tertiary/aromatic N) is 2. The first-order chi connectivity index (χ1) is 8.81. The first-order valence-electron chi connectivity index (χ1n) is 7.72. The summed E-state index contributed by atoms with van der Waals surface area (Å²) in [7, 11) is 0. The van der Waals surface area contributed by atoms with Crippen LogP contribution in [-0.4, -0.2) is 29.6 Å². The molecule has 0 aromatic carbocycles. The summed E-state index contributed by atoms with van der Waals surface area (Å²) in [6.45, 7) is 0.784. The van der Waals surface area contributed by atoms with Gasteiger partial charge in [-0.15, -0.1) is 0 Å². The molecule has 3 heteroatoms.